The third-order valence-electron chi connectivity index (χ3n) is 3.09. The zero-order chi connectivity index (χ0) is 14.4. The highest BCUT2D eigenvalue weighted by atomic mass is 32.2. The fraction of sp³-hybridized carbons (Fsp3) is 0.294. The molecule has 3 heteroatoms. The first-order chi connectivity index (χ1) is 9.69. The Hall–Kier alpha value is -1.45. The third-order valence-corrected chi connectivity index (χ3v) is 4.21. The van der Waals surface area contributed by atoms with E-state index in [1.165, 1.54) is 16.0 Å². The quantitative estimate of drug-likeness (QED) is 0.646. The van der Waals surface area contributed by atoms with Crippen LogP contribution in [-0.4, -0.2) is 12.4 Å². The van der Waals surface area contributed by atoms with Gasteiger partial charge in [0.25, 0.3) is 0 Å². The molecular formula is C17H21NOS. The van der Waals surface area contributed by atoms with E-state index in [1.54, 1.807) is 0 Å². The van der Waals surface area contributed by atoms with Crippen LogP contribution in [0.3, 0.4) is 0 Å². The van der Waals surface area contributed by atoms with E-state index >= 15 is 0 Å². The molecule has 2 N–H and O–H groups in total. The zero-order valence-corrected chi connectivity index (χ0v) is 12.9. The highest BCUT2D eigenvalue weighted by Gasteiger charge is 2.00. The van der Waals surface area contributed by atoms with Crippen LogP contribution in [0, 0.1) is 13.8 Å². The molecule has 0 aromatic heterocycles. The molecule has 106 valence electrons. The molecule has 0 bridgehead atoms. The molecule has 0 unspecified atom stereocenters. The fourth-order valence-corrected chi connectivity index (χ4v) is 2.89. The normalized spacial score (nSPS) is 10.6. The van der Waals surface area contributed by atoms with Gasteiger partial charge in [0.05, 0.1) is 6.61 Å². The number of aryl methyl sites for hydroxylation is 2. The minimum atomic E-state index is 0.550. The van der Waals surface area contributed by atoms with Crippen molar-refractivity contribution in [1.82, 2.24) is 0 Å². The fourth-order valence-electron chi connectivity index (χ4n) is 1.94. The minimum absolute atomic E-state index is 0.550. The Labute approximate surface area is 125 Å². The lowest BCUT2D eigenvalue weighted by atomic mass is 10.2. The van der Waals surface area contributed by atoms with Gasteiger partial charge in [-0.05, 0) is 43.2 Å². The number of ether oxygens (including phenoxy) is 1. The Morgan fingerprint density at radius 3 is 2.75 bits per heavy atom. The molecular weight excluding hydrogens is 266 g/mol. The second kappa shape index (κ2) is 7.36. The molecule has 0 amide bonds. The van der Waals surface area contributed by atoms with Crippen LogP contribution in [0.4, 0.5) is 0 Å². The largest absolute Gasteiger partial charge is 0.493 e. The van der Waals surface area contributed by atoms with E-state index in [9.17, 15) is 0 Å². The SMILES string of the molecule is Cc1ccc(C)c(SCCOc2cccc(CN)c2)c1. The number of thioether (sulfide) groups is 1. The number of benzene rings is 2. The van der Waals surface area contributed by atoms with Gasteiger partial charge in [-0.1, -0.05) is 29.8 Å². The van der Waals surface area contributed by atoms with Gasteiger partial charge in [0.15, 0.2) is 0 Å². The smallest absolute Gasteiger partial charge is 0.119 e. The lowest BCUT2D eigenvalue weighted by molar-refractivity contribution is 0.343. The van der Waals surface area contributed by atoms with Gasteiger partial charge in [0.2, 0.25) is 0 Å². The predicted octanol–water partition coefficient (Wildman–Crippen LogP) is 3.93. The summed E-state index contributed by atoms with van der Waals surface area (Å²) in [5, 5.41) is 0. The molecule has 2 aromatic carbocycles. The van der Waals surface area contributed by atoms with Crippen LogP contribution in [0.15, 0.2) is 47.4 Å². The Morgan fingerprint density at radius 2 is 1.95 bits per heavy atom. The second-order valence-electron chi connectivity index (χ2n) is 4.82. The molecule has 0 heterocycles. The molecule has 20 heavy (non-hydrogen) atoms. The zero-order valence-electron chi connectivity index (χ0n) is 12.1. The molecule has 2 nitrogen and oxygen atoms in total. The first-order valence-corrected chi connectivity index (χ1v) is 7.79. The maximum Gasteiger partial charge on any atom is 0.119 e. The monoisotopic (exact) mass is 287 g/mol. The number of rotatable bonds is 6. The Balaban J connectivity index is 1.82. The van der Waals surface area contributed by atoms with Gasteiger partial charge in [0, 0.05) is 17.2 Å². The van der Waals surface area contributed by atoms with Crippen molar-refractivity contribution in [2.45, 2.75) is 25.3 Å². The molecule has 0 radical (unpaired) electrons. The molecule has 0 atom stereocenters. The van der Waals surface area contributed by atoms with E-state index in [1.807, 2.05) is 36.0 Å². The van der Waals surface area contributed by atoms with Crippen LogP contribution < -0.4 is 10.5 Å². The Morgan fingerprint density at radius 1 is 1.10 bits per heavy atom. The molecule has 2 rings (SSSR count). The first-order valence-electron chi connectivity index (χ1n) is 6.81. The molecule has 2 aromatic rings. The van der Waals surface area contributed by atoms with Crippen LogP contribution in [-0.2, 0) is 6.54 Å². The van der Waals surface area contributed by atoms with Gasteiger partial charge in [-0.25, -0.2) is 0 Å². The molecule has 0 saturated heterocycles. The second-order valence-corrected chi connectivity index (χ2v) is 5.95. The van der Waals surface area contributed by atoms with Crippen LogP contribution >= 0.6 is 11.8 Å². The standard InChI is InChI=1S/C17H21NOS/c1-13-6-7-14(2)17(10-13)20-9-8-19-16-5-3-4-15(11-16)12-18/h3-7,10-11H,8-9,12,18H2,1-2H3. The number of hydrogen-bond donors (Lipinski definition) is 1. The minimum Gasteiger partial charge on any atom is -0.493 e. The van der Waals surface area contributed by atoms with E-state index in [0.717, 1.165) is 17.1 Å². The maximum absolute atomic E-state index is 5.76. The van der Waals surface area contributed by atoms with Gasteiger partial charge in [0.1, 0.15) is 5.75 Å². The maximum atomic E-state index is 5.76. The lowest BCUT2D eigenvalue weighted by Gasteiger charge is -2.09. The summed E-state index contributed by atoms with van der Waals surface area (Å²) >= 11 is 1.84. The summed E-state index contributed by atoms with van der Waals surface area (Å²) in [5.41, 5.74) is 9.35. The molecule has 0 spiro atoms. The summed E-state index contributed by atoms with van der Waals surface area (Å²) in [7, 11) is 0. The average molecular weight is 287 g/mol. The van der Waals surface area contributed by atoms with E-state index in [4.69, 9.17) is 10.5 Å². The summed E-state index contributed by atoms with van der Waals surface area (Å²) in [4.78, 5) is 1.34. The lowest BCUT2D eigenvalue weighted by Crippen LogP contribution is -2.02. The Bertz CT molecular complexity index is 569. The highest BCUT2D eigenvalue weighted by molar-refractivity contribution is 7.99. The van der Waals surface area contributed by atoms with E-state index in [2.05, 4.69) is 32.0 Å². The van der Waals surface area contributed by atoms with Crippen LogP contribution in [0.25, 0.3) is 0 Å². The highest BCUT2D eigenvalue weighted by Crippen LogP contribution is 2.23. The van der Waals surface area contributed by atoms with Gasteiger partial charge in [-0.2, -0.15) is 0 Å². The number of nitrogens with two attached hydrogens (primary N) is 1. The molecule has 0 aliphatic heterocycles. The predicted molar refractivity (Wildman–Crippen MR) is 86.5 cm³/mol. The van der Waals surface area contributed by atoms with Crippen LogP contribution in [0.1, 0.15) is 16.7 Å². The van der Waals surface area contributed by atoms with Gasteiger partial charge < -0.3 is 10.5 Å². The third kappa shape index (κ3) is 4.29. The van der Waals surface area contributed by atoms with Gasteiger partial charge in [-0.3, -0.25) is 0 Å². The number of hydrogen-bond acceptors (Lipinski definition) is 3. The van der Waals surface area contributed by atoms with Crippen molar-refractivity contribution in [1.29, 1.82) is 0 Å². The van der Waals surface area contributed by atoms with Crippen molar-refractivity contribution in [2.24, 2.45) is 5.73 Å². The Kier molecular flexibility index (Phi) is 5.50. The summed E-state index contributed by atoms with van der Waals surface area (Å²) in [6.07, 6.45) is 0. The van der Waals surface area contributed by atoms with Crippen LogP contribution in [0.2, 0.25) is 0 Å². The van der Waals surface area contributed by atoms with E-state index < -0.39 is 0 Å². The summed E-state index contributed by atoms with van der Waals surface area (Å²) in [6.45, 7) is 5.52. The molecule has 0 saturated carbocycles. The van der Waals surface area contributed by atoms with Crippen molar-refractivity contribution < 1.29 is 4.74 Å². The van der Waals surface area contributed by atoms with Crippen molar-refractivity contribution in [2.75, 3.05) is 12.4 Å². The first kappa shape index (κ1) is 14.9. The van der Waals surface area contributed by atoms with Crippen molar-refractivity contribution in [3.05, 3.63) is 59.2 Å². The average Bonchev–Trinajstić information content (AvgIpc) is 2.47. The molecule has 0 fully saturated rings. The van der Waals surface area contributed by atoms with E-state index in [-0.39, 0.29) is 0 Å². The van der Waals surface area contributed by atoms with Crippen molar-refractivity contribution in [3.8, 4) is 5.75 Å². The summed E-state index contributed by atoms with van der Waals surface area (Å²) in [6, 6.07) is 14.5. The van der Waals surface area contributed by atoms with Crippen molar-refractivity contribution in [3.63, 3.8) is 0 Å². The van der Waals surface area contributed by atoms with Crippen molar-refractivity contribution >= 4 is 11.8 Å². The van der Waals surface area contributed by atoms with Gasteiger partial charge >= 0.3 is 0 Å². The molecule has 0 aliphatic rings. The van der Waals surface area contributed by atoms with Gasteiger partial charge in [-0.15, -0.1) is 11.8 Å². The molecule has 0 aliphatic carbocycles. The topological polar surface area (TPSA) is 35.2 Å². The van der Waals surface area contributed by atoms with E-state index in [0.29, 0.717) is 13.2 Å². The summed E-state index contributed by atoms with van der Waals surface area (Å²) in [5.74, 6) is 1.84. The van der Waals surface area contributed by atoms with Crippen LogP contribution in [0.5, 0.6) is 5.75 Å². The summed E-state index contributed by atoms with van der Waals surface area (Å²) < 4.78 is 5.76.